The average Bonchev–Trinajstić information content (AvgIpc) is 2.40. The Morgan fingerprint density at radius 2 is 2.00 bits per heavy atom. The van der Waals surface area contributed by atoms with Gasteiger partial charge in [-0.1, -0.05) is 6.07 Å². The number of ether oxygens (including phenoxy) is 3. The fourth-order valence-electron chi connectivity index (χ4n) is 1.60. The smallest absolute Gasteiger partial charge is 0.133 e. The number of halogens is 1. The molecule has 0 amide bonds. The summed E-state index contributed by atoms with van der Waals surface area (Å²) < 4.78 is 17.0. The molecule has 0 fully saturated rings. The van der Waals surface area contributed by atoms with E-state index in [1.54, 1.807) is 7.11 Å². The fourth-order valence-corrected chi connectivity index (χ4v) is 2.14. The van der Waals surface area contributed by atoms with Crippen molar-refractivity contribution in [2.75, 3.05) is 40.1 Å². The molecule has 108 valence electrons. The van der Waals surface area contributed by atoms with E-state index in [4.69, 9.17) is 19.9 Å². The quantitative estimate of drug-likeness (QED) is 0.669. The summed E-state index contributed by atoms with van der Waals surface area (Å²) in [4.78, 5) is 0. The summed E-state index contributed by atoms with van der Waals surface area (Å²) in [5.74, 6) is 0.835. The van der Waals surface area contributed by atoms with Crippen molar-refractivity contribution in [3.05, 3.63) is 28.2 Å². The van der Waals surface area contributed by atoms with E-state index < -0.39 is 0 Å². The van der Waals surface area contributed by atoms with Gasteiger partial charge in [-0.2, -0.15) is 0 Å². The number of nitrogens with two attached hydrogens (primary N) is 1. The van der Waals surface area contributed by atoms with E-state index in [1.165, 1.54) is 5.56 Å². The maximum Gasteiger partial charge on any atom is 0.133 e. The SMILES string of the molecule is COCCCOCCOc1ccc(CCN)cc1Br. The largest absolute Gasteiger partial charge is 0.490 e. The Morgan fingerprint density at radius 3 is 2.68 bits per heavy atom. The van der Waals surface area contributed by atoms with Gasteiger partial charge in [-0.25, -0.2) is 0 Å². The maximum atomic E-state index is 5.64. The van der Waals surface area contributed by atoms with Gasteiger partial charge in [0.1, 0.15) is 12.4 Å². The first-order valence-electron chi connectivity index (χ1n) is 6.46. The molecule has 0 aliphatic carbocycles. The van der Waals surface area contributed by atoms with Crippen molar-refractivity contribution in [3.63, 3.8) is 0 Å². The van der Waals surface area contributed by atoms with Crippen molar-refractivity contribution in [2.45, 2.75) is 12.8 Å². The van der Waals surface area contributed by atoms with Gasteiger partial charge in [0, 0.05) is 20.3 Å². The van der Waals surface area contributed by atoms with Crippen molar-refractivity contribution in [1.82, 2.24) is 0 Å². The third-order valence-corrected chi connectivity index (χ3v) is 3.17. The summed E-state index contributed by atoms with van der Waals surface area (Å²) >= 11 is 3.50. The van der Waals surface area contributed by atoms with Crippen molar-refractivity contribution in [2.24, 2.45) is 5.73 Å². The molecule has 0 atom stereocenters. The van der Waals surface area contributed by atoms with Crippen LogP contribution in [0.15, 0.2) is 22.7 Å². The molecule has 0 spiro atoms. The minimum atomic E-state index is 0.543. The van der Waals surface area contributed by atoms with Crippen LogP contribution in [0.5, 0.6) is 5.75 Å². The molecule has 1 aromatic carbocycles. The van der Waals surface area contributed by atoms with Gasteiger partial charge in [-0.3, -0.25) is 0 Å². The minimum Gasteiger partial charge on any atom is -0.490 e. The first kappa shape index (κ1) is 16.4. The van der Waals surface area contributed by atoms with Crippen molar-refractivity contribution in [3.8, 4) is 5.75 Å². The monoisotopic (exact) mass is 331 g/mol. The van der Waals surface area contributed by atoms with Crippen LogP contribution in [0.25, 0.3) is 0 Å². The Hall–Kier alpha value is -0.620. The van der Waals surface area contributed by atoms with E-state index in [2.05, 4.69) is 15.9 Å². The first-order chi connectivity index (χ1) is 9.27. The summed E-state index contributed by atoms with van der Waals surface area (Å²) in [6.07, 6.45) is 1.79. The molecule has 0 aromatic heterocycles. The predicted molar refractivity (Wildman–Crippen MR) is 79.7 cm³/mol. The van der Waals surface area contributed by atoms with Crippen molar-refractivity contribution in [1.29, 1.82) is 0 Å². The summed E-state index contributed by atoms with van der Waals surface area (Å²) in [7, 11) is 1.69. The van der Waals surface area contributed by atoms with Crippen LogP contribution in [-0.2, 0) is 15.9 Å². The van der Waals surface area contributed by atoms with Gasteiger partial charge in [0.25, 0.3) is 0 Å². The van der Waals surface area contributed by atoms with Gasteiger partial charge in [0.05, 0.1) is 11.1 Å². The second-order valence-corrected chi connectivity index (χ2v) is 4.96. The lowest BCUT2D eigenvalue weighted by Crippen LogP contribution is -2.09. The molecule has 5 heteroatoms. The second kappa shape index (κ2) is 10.2. The van der Waals surface area contributed by atoms with Crippen LogP contribution in [0.2, 0.25) is 0 Å². The molecule has 1 aromatic rings. The molecule has 4 nitrogen and oxygen atoms in total. The van der Waals surface area contributed by atoms with E-state index >= 15 is 0 Å². The van der Waals surface area contributed by atoms with Gasteiger partial charge in [-0.05, 0) is 53.0 Å². The van der Waals surface area contributed by atoms with Gasteiger partial charge < -0.3 is 19.9 Å². The Bertz CT molecular complexity index is 361. The zero-order valence-corrected chi connectivity index (χ0v) is 12.9. The first-order valence-corrected chi connectivity index (χ1v) is 7.25. The highest BCUT2D eigenvalue weighted by Gasteiger charge is 2.02. The molecular formula is C14H22BrNO3. The van der Waals surface area contributed by atoms with Gasteiger partial charge >= 0.3 is 0 Å². The van der Waals surface area contributed by atoms with Crippen LogP contribution in [0, 0.1) is 0 Å². The summed E-state index contributed by atoms with van der Waals surface area (Å²) in [5.41, 5.74) is 6.73. The number of hydrogen-bond acceptors (Lipinski definition) is 4. The molecule has 0 aliphatic rings. The van der Waals surface area contributed by atoms with Gasteiger partial charge in [-0.15, -0.1) is 0 Å². The van der Waals surface area contributed by atoms with Crippen LogP contribution in [0.4, 0.5) is 0 Å². The molecule has 1 rings (SSSR count). The molecule has 2 N–H and O–H groups in total. The standard InChI is InChI=1S/C14H22BrNO3/c1-17-7-2-8-18-9-10-19-14-4-3-12(5-6-16)11-13(14)15/h3-4,11H,2,5-10,16H2,1H3. The number of methoxy groups -OCH3 is 1. The van der Waals surface area contributed by atoms with Crippen molar-refractivity contribution >= 4 is 15.9 Å². The van der Waals surface area contributed by atoms with Crippen LogP contribution in [0.1, 0.15) is 12.0 Å². The lowest BCUT2D eigenvalue weighted by molar-refractivity contribution is 0.0805. The second-order valence-electron chi connectivity index (χ2n) is 4.11. The zero-order valence-electron chi connectivity index (χ0n) is 11.4. The van der Waals surface area contributed by atoms with Crippen LogP contribution in [0.3, 0.4) is 0 Å². The highest BCUT2D eigenvalue weighted by Crippen LogP contribution is 2.26. The van der Waals surface area contributed by atoms with E-state index in [0.29, 0.717) is 26.4 Å². The molecule has 19 heavy (non-hydrogen) atoms. The Labute approximate surface area is 123 Å². The predicted octanol–water partition coefficient (Wildman–Crippen LogP) is 2.38. The molecule has 0 unspecified atom stereocenters. The molecule has 0 saturated carbocycles. The number of benzene rings is 1. The maximum absolute atomic E-state index is 5.64. The zero-order chi connectivity index (χ0) is 13.9. The molecule has 0 radical (unpaired) electrons. The van der Waals surface area contributed by atoms with Crippen LogP contribution < -0.4 is 10.5 Å². The average molecular weight is 332 g/mol. The summed E-state index contributed by atoms with van der Waals surface area (Å²) in [5, 5.41) is 0. The lowest BCUT2D eigenvalue weighted by atomic mass is 10.1. The molecular weight excluding hydrogens is 310 g/mol. The fraction of sp³-hybridized carbons (Fsp3) is 0.571. The highest BCUT2D eigenvalue weighted by molar-refractivity contribution is 9.10. The van der Waals surface area contributed by atoms with Crippen LogP contribution in [-0.4, -0.2) is 40.1 Å². The van der Waals surface area contributed by atoms with Gasteiger partial charge in [0.15, 0.2) is 0 Å². The Balaban J connectivity index is 2.22. The summed E-state index contributed by atoms with van der Waals surface area (Å²) in [6.45, 7) is 3.22. The molecule has 0 saturated heterocycles. The Morgan fingerprint density at radius 1 is 1.16 bits per heavy atom. The van der Waals surface area contributed by atoms with E-state index in [0.717, 1.165) is 29.7 Å². The van der Waals surface area contributed by atoms with Gasteiger partial charge in [0.2, 0.25) is 0 Å². The lowest BCUT2D eigenvalue weighted by Gasteiger charge is -2.10. The third kappa shape index (κ3) is 6.92. The number of rotatable bonds is 10. The molecule has 0 bridgehead atoms. The molecule has 0 heterocycles. The topological polar surface area (TPSA) is 53.7 Å². The summed E-state index contributed by atoms with van der Waals surface area (Å²) in [6, 6.07) is 6.04. The number of hydrogen-bond donors (Lipinski definition) is 1. The van der Waals surface area contributed by atoms with Crippen LogP contribution >= 0.6 is 15.9 Å². The third-order valence-electron chi connectivity index (χ3n) is 2.55. The molecule has 0 aliphatic heterocycles. The van der Waals surface area contributed by atoms with E-state index in [1.807, 2.05) is 18.2 Å². The highest BCUT2D eigenvalue weighted by atomic mass is 79.9. The minimum absolute atomic E-state index is 0.543. The van der Waals surface area contributed by atoms with E-state index in [9.17, 15) is 0 Å². The van der Waals surface area contributed by atoms with E-state index in [-0.39, 0.29) is 0 Å². The Kier molecular flexibility index (Phi) is 8.82. The normalized spacial score (nSPS) is 10.7. The van der Waals surface area contributed by atoms with Crippen molar-refractivity contribution < 1.29 is 14.2 Å².